The molecule has 1 aliphatic carbocycles. The fourth-order valence-corrected chi connectivity index (χ4v) is 3.36. The Morgan fingerprint density at radius 3 is 2.57 bits per heavy atom. The lowest BCUT2D eigenvalue weighted by molar-refractivity contribution is 0.241. The Morgan fingerprint density at radius 2 is 2.00 bits per heavy atom. The number of nitrogens with one attached hydrogen (secondary N) is 1. The van der Waals surface area contributed by atoms with Crippen molar-refractivity contribution in [3.05, 3.63) is 0 Å². The van der Waals surface area contributed by atoms with E-state index >= 15 is 0 Å². The van der Waals surface area contributed by atoms with Crippen LogP contribution in [0.2, 0.25) is 0 Å². The summed E-state index contributed by atoms with van der Waals surface area (Å²) >= 11 is 0. The van der Waals surface area contributed by atoms with Crippen LogP contribution in [0.1, 0.15) is 32.1 Å². The van der Waals surface area contributed by atoms with Crippen LogP contribution in [0.15, 0.2) is 0 Å². The van der Waals surface area contributed by atoms with E-state index in [9.17, 15) is 0 Å². The molecule has 2 aliphatic heterocycles. The first-order chi connectivity index (χ1) is 6.81. The third-order valence-electron chi connectivity index (χ3n) is 4.25. The van der Waals surface area contributed by atoms with E-state index in [1.165, 1.54) is 45.2 Å². The van der Waals surface area contributed by atoms with Crippen LogP contribution in [-0.4, -0.2) is 37.1 Å². The molecule has 0 amide bonds. The smallest absolute Gasteiger partial charge is 0.0111 e. The second kappa shape index (κ2) is 3.49. The van der Waals surface area contributed by atoms with E-state index in [-0.39, 0.29) is 0 Å². The molecule has 2 saturated heterocycles. The van der Waals surface area contributed by atoms with Crippen molar-refractivity contribution in [1.29, 1.82) is 0 Å². The van der Waals surface area contributed by atoms with Crippen LogP contribution in [0.3, 0.4) is 0 Å². The van der Waals surface area contributed by atoms with E-state index in [0.29, 0.717) is 0 Å². The van der Waals surface area contributed by atoms with E-state index in [1.807, 2.05) is 0 Å². The van der Waals surface area contributed by atoms with Gasteiger partial charge in [0.05, 0.1) is 0 Å². The minimum Gasteiger partial charge on any atom is -0.311 e. The predicted molar refractivity (Wildman–Crippen MR) is 58.3 cm³/mol. The molecule has 0 radical (unpaired) electrons. The molecule has 1 saturated carbocycles. The fourth-order valence-electron chi connectivity index (χ4n) is 3.36. The maximum Gasteiger partial charge on any atom is 0.0111 e. The average Bonchev–Trinajstić information content (AvgIpc) is 2.74. The topological polar surface area (TPSA) is 15.3 Å². The van der Waals surface area contributed by atoms with Gasteiger partial charge in [-0.2, -0.15) is 0 Å². The van der Waals surface area contributed by atoms with Crippen molar-refractivity contribution in [3.8, 4) is 0 Å². The summed E-state index contributed by atoms with van der Waals surface area (Å²) in [6, 6.07) is 1.74. The minimum absolute atomic E-state index is 0.863. The molecular weight excluding hydrogens is 172 g/mol. The molecule has 3 fully saturated rings. The monoisotopic (exact) mass is 194 g/mol. The van der Waals surface area contributed by atoms with Crippen molar-refractivity contribution in [1.82, 2.24) is 10.2 Å². The number of hydrogen-bond acceptors (Lipinski definition) is 2. The number of nitrogens with zero attached hydrogens (tertiary/aromatic N) is 1. The molecule has 0 aromatic heterocycles. The molecule has 3 unspecified atom stereocenters. The second-order valence-corrected chi connectivity index (χ2v) is 5.71. The van der Waals surface area contributed by atoms with Gasteiger partial charge >= 0.3 is 0 Å². The van der Waals surface area contributed by atoms with E-state index in [2.05, 4.69) is 17.3 Å². The molecule has 14 heavy (non-hydrogen) atoms. The maximum absolute atomic E-state index is 3.73. The third kappa shape index (κ3) is 1.82. The number of rotatable bonds is 4. The van der Waals surface area contributed by atoms with Gasteiger partial charge in [0.1, 0.15) is 0 Å². The van der Waals surface area contributed by atoms with Crippen LogP contribution in [0.25, 0.3) is 0 Å². The molecule has 2 heterocycles. The highest BCUT2D eigenvalue weighted by atomic mass is 15.1. The largest absolute Gasteiger partial charge is 0.311 e. The summed E-state index contributed by atoms with van der Waals surface area (Å²) in [4.78, 5) is 2.57. The molecule has 80 valence electrons. The summed E-state index contributed by atoms with van der Waals surface area (Å²) in [6.45, 7) is 2.69. The van der Waals surface area contributed by atoms with Gasteiger partial charge in [-0.15, -0.1) is 0 Å². The van der Waals surface area contributed by atoms with E-state index in [4.69, 9.17) is 0 Å². The van der Waals surface area contributed by atoms with Crippen molar-refractivity contribution in [3.63, 3.8) is 0 Å². The van der Waals surface area contributed by atoms with Gasteiger partial charge in [-0.25, -0.2) is 0 Å². The van der Waals surface area contributed by atoms with Gasteiger partial charge in [0.2, 0.25) is 0 Å². The van der Waals surface area contributed by atoms with Gasteiger partial charge < -0.3 is 10.2 Å². The number of hydrogen-bond donors (Lipinski definition) is 1. The lowest BCUT2D eigenvalue weighted by Crippen LogP contribution is -2.34. The van der Waals surface area contributed by atoms with Crippen molar-refractivity contribution >= 4 is 0 Å². The van der Waals surface area contributed by atoms with Crippen molar-refractivity contribution in [2.75, 3.05) is 20.1 Å². The molecule has 3 atom stereocenters. The van der Waals surface area contributed by atoms with Crippen molar-refractivity contribution in [2.45, 2.75) is 44.2 Å². The molecule has 3 aliphatic rings. The minimum atomic E-state index is 0.863. The standard InChI is InChI=1S/C12H22N2/c1-14(7-9-2-3-9)8-10-6-11-4-5-12(10)13-11/h9-13H,2-8H2,1H3. The lowest BCUT2D eigenvalue weighted by Gasteiger charge is -2.26. The summed E-state index contributed by atoms with van der Waals surface area (Å²) in [5.74, 6) is 2.00. The SMILES string of the molecule is CN(CC1CC1)CC1CC2CCC1N2. The summed E-state index contributed by atoms with van der Waals surface area (Å²) in [5, 5.41) is 3.73. The first-order valence-corrected chi connectivity index (χ1v) is 6.26. The zero-order valence-corrected chi connectivity index (χ0v) is 9.21. The Bertz CT molecular complexity index is 212. The predicted octanol–water partition coefficient (Wildman–Crippen LogP) is 1.47. The van der Waals surface area contributed by atoms with Crippen LogP contribution in [0.4, 0.5) is 0 Å². The molecule has 0 spiro atoms. The molecule has 0 aromatic rings. The molecule has 0 aromatic carbocycles. The molecule has 2 nitrogen and oxygen atoms in total. The van der Waals surface area contributed by atoms with Gasteiger partial charge in [0.15, 0.2) is 0 Å². The van der Waals surface area contributed by atoms with Gasteiger partial charge in [-0.1, -0.05) is 0 Å². The first-order valence-electron chi connectivity index (χ1n) is 6.26. The lowest BCUT2D eigenvalue weighted by atomic mass is 9.89. The zero-order valence-electron chi connectivity index (χ0n) is 9.21. The van der Waals surface area contributed by atoms with E-state index < -0.39 is 0 Å². The highest BCUT2D eigenvalue weighted by Crippen LogP contribution is 2.34. The van der Waals surface area contributed by atoms with Gasteiger partial charge in [0, 0.05) is 25.2 Å². The van der Waals surface area contributed by atoms with E-state index in [0.717, 1.165) is 23.9 Å². The van der Waals surface area contributed by atoms with Crippen LogP contribution in [-0.2, 0) is 0 Å². The summed E-state index contributed by atoms with van der Waals surface area (Å²) < 4.78 is 0. The van der Waals surface area contributed by atoms with Gasteiger partial charge in [-0.05, 0) is 51.0 Å². The molecular formula is C12H22N2. The van der Waals surface area contributed by atoms with Crippen LogP contribution in [0.5, 0.6) is 0 Å². The first kappa shape index (κ1) is 9.17. The molecule has 2 bridgehead atoms. The Hall–Kier alpha value is -0.0800. The Balaban J connectivity index is 1.47. The Labute approximate surface area is 87.0 Å². The Kier molecular flexibility index (Phi) is 2.29. The second-order valence-electron chi connectivity index (χ2n) is 5.71. The number of fused-ring (bicyclic) bond motifs is 2. The molecule has 2 heteroatoms. The average molecular weight is 194 g/mol. The van der Waals surface area contributed by atoms with Crippen LogP contribution >= 0.6 is 0 Å². The van der Waals surface area contributed by atoms with Crippen molar-refractivity contribution < 1.29 is 0 Å². The Morgan fingerprint density at radius 1 is 1.14 bits per heavy atom. The quantitative estimate of drug-likeness (QED) is 0.729. The molecule has 3 rings (SSSR count). The zero-order chi connectivity index (χ0) is 9.54. The van der Waals surface area contributed by atoms with E-state index in [1.54, 1.807) is 0 Å². The van der Waals surface area contributed by atoms with Crippen molar-refractivity contribution in [2.24, 2.45) is 11.8 Å². The van der Waals surface area contributed by atoms with Crippen LogP contribution in [0, 0.1) is 11.8 Å². The van der Waals surface area contributed by atoms with Gasteiger partial charge in [-0.3, -0.25) is 0 Å². The van der Waals surface area contributed by atoms with Crippen LogP contribution < -0.4 is 5.32 Å². The highest BCUT2D eigenvalue weighted by Gasteiger charge is 2.39. The summed E-state index contributed by atoms with van der Waals surface area (Å²) in [7, 11) is 2.31. The van der Waals surface area contributed by atoms with Gasteiger partial charge in [0.25, 0.3) is 0 Å². The fraction of sp³-hybridized carbons (Fsp3) is 1.00. The summed E-state index contributed by atoms with van der Waals surface area (Å²) in [6.07, 6.45) is 7.29. The maximum atomic E-state index is 3.73. The summed E-state index contributed by atoms with van der Waals surface area (Å²) in [5.41, 5.74) is 0. The molecule has 1 N–H and O–H groups in total. The normalized spacial score (nSPS) is 41.1. The highest BCUT2D eigenvalue weighted by molar-refractivity contribution is 4.98. The third-order valence-corrected chi connectivity index (χ3v) is 4.25.